The van der Waals surface area contributed by atoms with Crippen LogP contribution in [0.15, 0.2) is 71.8 Å². The van der Waals surface area contributed by atoms with Crippen molar-refractivity contribution < 1.29 is 4.74 Å². The molecule has 1 saturated carbocycles. The molecule has 1 aromatic heterocycles. The number of likely N-dealkylation sites (N-methyl/N-ethyl adjacent to an activating group) is 1. The molecule has 0 saturated heterocycles. The van der Waals surface area contributed by atoms with Crippen LogP contribution in [0.3, 0.4) is 0 Å². The molecule has 0 aliphatic heterocycles. The molecule has 0 radical (unpaired) electrons. The predicted octanol–water partition coefficient (Wildman–Crippen LogP) is 4.85. The Kier molecular flexibility index (Phi) is 8.02. The Hall–Kier alpha value is -2.83. The van der Waals surface area contributed by atoms with Crippen molar-refractivity contribution in [3.05, 3.63) is 77.5 Å². The Morgan fingerprint density at radius 1 is 0.909 bits per heavy atom. The van der Waals surface area contributed by atoms with Gasteiger partial charge in [0.05, 0.1) is 5.69 Å². The van der Waals surface area contributed by atoms with Crippen molar-refractivity contribution in [3.63, 3.8) is 0 Å². The third-order valence-electron chi connectivity index (χ3n) is 6.74. The van der Waals surface area contributed by atoms with Gasteiger partial charge in [0, 0.05) is 37.6 Å². The van der Waals surface area contributed by atoms with Crippen LogP contribution in [0.2, 0.25) is 0 Å². The minimum atomic E-state index is 0.0321. The topological polar surface area (TPSA) is 51.4 Å². The van der Waals surface area contributed by atoms with Crippen LogP contribution in [-0.4, -0.2) is 46.3 Å². The van der Waals surface area contributed by atoms with Gasteiger partial charge in [-0.05, 0) is 75.2 Å². The average Bonchev–Trinajstić information content (AvgIpc) is 3.24. The van der Waals surface area contributed by atoms with Gasteiger partial charge in [-0.3, -0.25) is 9.13 Å². The summed E-state index contributed by atoms with van der Waals surface area (Å²) < 4.78 is 9.50. The van der Waals surface area contributed by atoms with E-state index in [1.165, 1.54) is 0 Å². The highest BCUT2D eigenvalue weighted by Gasteiger charge is 2.23. The monoisotopic (exact) mass is 448 g/mol. The van der Waals surface area contributed by atoms with E-state index in [0.717, 1.165) is 69.0 Å². The smallest absolute Gasteiger partial charge is 0.332 e. The second-order valence-corrected chi connectivity index (χ2v) is 8.75. The summed E-state index contributed by atoms with van der Waals surface area (Å²) in [6.45, 7) is 8.78. The summed E-state index contributed by atoms with van der Waals surface area (Å²) >= 11 is 0. The van der Waals surface area contributed by atoms with E-state index in [-0.39, 0.29) is 11.7 Å². The summed E-state index contributed by atoms with van der Waals surface area (Å²) in [7, 11) is 0. The van der Waals surface area contributed by atoms with Crippen molar-refractivity contribution in [2.45, 2.75) is 51.6 Å². The number of hydrogen-bond donors (Lipinski definition) is 1. The Morgan fingerprint density at radius 2 is 1.58 bits per heavy atom. The molecule has 0 atom stereocenters. The molecule has 1 aliphatic carbocycles. The van der Waals surface area contributed by atoms with Crippen LogP contribution in [0.4, 0.5) is 0 Å². The van der Waals surface area contributed by atoms with Gasteiger partial charge < -0.3 is 15.0 Å². The van der Waals surface area contributed by atoms with Gasteiger partial charge in [0.25, 0.3) is 0 Å². The molecule has 1 N–H and O–H groups in total. The first-order valence-corrected chi connectivity index (χ1v) is 12.3. The molecule has 176 valence electrons. The fourth-order valence-electron chi connectivity index (χ4n) is 4.69. The first-order valence-electron chi connectivity index (χ1n) is 12.3. The van der Waals surface area contributed by atoms with E-state index < -0.39 is 0 Å². The molecule has 4 rings (SSSR count). The molecule has 2 aromatic carbocycles. The summed E-state index contributed by atoms with van der Waals surface area (Å²) in [5, 5.41) is 3.71. The molecule has 33 heavy (non-hydrogen) atoms. The highest BCUT2D eigenvalue weighted by atomic mass is 16.5. The molecule has 1 aliphatic rings. The Bertz CT molecular complexity index is 1030. The van der Waals surface area contributed by atoms with Gasteiger partial charge in [-0.1, -0.05) is 32.0 Å². The molecule has 3 aromatic rings. The summed E-state index contributed by atoms with van der Waals surface area (Å²) in [5.41, 5.74) is 0.885. The van der Waals surface area contributed by atoms with Crippen LogP contribution >= 0.6 is 0 Å². The highest BCUT2D eigenvalue weighted by molar-refractivity contribution is 5.39. The van der Waals surface area contributed by atoms with Gasteiger partial charge in [0.1, 0.15) is 11.5 Å². The van der Waals surface area contributed by atoms with Crippen LogP contribution in [0.5, 0.6) is 11.5 Å². The summed E-state index contributed by atoms with van der Waals surface area (Å²) in [6, 6.07) is 18.2. The number of ether oxygens (including phenoxy) is 1. The lowest BCUT2D eigenvalue weighted by Crippen LogP contribution is -2.40. The molecule has 6 heteroatoms. The quantitative estimate of drug-likeness (QED) is 0.482. The van der Waals surface area contributed by atoms with E-state index in [1.807, 2.05) is 71.6 Å². The van der Waals surface area contributed by atoms with Crippen molar-refractivity contribution in [1.82, 2.24) is 19.4 Å². The van der Waals surface area contributed by atoms with Gasteiger partial charge in [-0.2, -0.15) is 0 Å². The van der Waals surface area contributed by atoms with Crippen LogP contribution < -0.4 is 15.7 Å². The zero-order chi connectivity index (χ0) is 23.0. The van der Waals surface area contributed by atoms with Crippen molar-refractivity contribution in [2.24, 2.45) is 0 Å². The Morgan fingerprint density at radius 3 is 2.24 bits per heavy atom. The van der Waals surface area contributed by atoms with Crippen molar-refractivity contribution in [3.8, 4) is 17.2 Å². The maximum absolute atomic E-state index is 13.1. The zero-order valence-corrected chi connectivity index (χ0v) is 19.8. The SMILES string of the molecule is CCN(CC)CCNC1CCC(n2ccn(-c3ccc(Oc4ccccc4)cc3)c2=O)CC1. The summed E-state index contributed by atoms with van der Waals surface area (Å²) in [4.78, 5) is 15.6. The molecule has 6 nitrogen and oxygen atoms in total. The molecule has 0 spiro atoms. The van der Waals surface area contributed by atoms with Crippen molar-refractivity contribution in [1.29, 1.82) is 0 Å². The van der Waals surface area contributed by atoms with Gasteiger partial charge in [0.15, 0.2) is 0 Å². The zero-order valence-electron chi connectivity index (χ0n) is 19.8. The molecular weight excluding hydrogens is 412 g/mol. The number of nitrogens with one attached hydrogen (secondary N) is 1. The van der Waals surface area contributed by atoms with E-state index in [2.05, 4.69) is 24.1 Å². The number of aromatic nitrogens is 2. The van der Waals surface area contributed by atoms with E-state index in [9.17, 15) is 4.79 Å². The van der Waals surface area contributed by atoms with Gasteiger partial charge in [-0.25, -0.2) is 4.79 Å². The summed E-state index contributed by atoms with van der Waals surface area (Å²) in [6.07, 6.45) is 8.13. The second-order valence-electron chi connectivity index (χ2n) is 8.75. The lowest BCUT2D eigenvalue weighted by Gasteiger charge is -2.30. The molecule has 1 fully saturated rings. The number of para-hydroxylation sites is 1. The minimum Gasteiger partial charge on any atom is -0.457 e. The lowest BCUT2D eigenvalue weighted by atomic mass is 9.91. The fourth-order valence-corrected chi connectivity index (χ4v) is 4.69. The van der Waals surface area contributed by atoms with E-state index >= 15 is 0 Å². The lowest BCUT2D eigenvalue weighted by molar-refractivity contribution is 0.261. The highest BCUT2D eigenvalue weighted by Crippen LogP contribution is 2.28. The molecule has 0 unspecified atom stereocenters. The van der Waals surface area contributed by atoms with Gasteiger partial charge in [0.2, 0.25) is 0 Å². The summed E-state index contributed by atoms with van der Waals surface area (Å²) in [5.74, 6) is 1.55. The maximum Gasteiger partial charge on any atom is 0.332 e. The maximum atomic E-state index is 13.1. The largest absolute Gasteiger partial charge is 0.457 e. The van der Waals surface area contributed by atoms with Crippen molar-refractivity contribution in [2.75, 3.05) is 26.2 Å². The van der Waals surface area contributed by atoms with Crippen LogP contribution in [0.25, 0.3) is 5.69 Å². The number of benzene rings is 2. The third-order valence-corrected chi connectivity index (χ3v) is 6.74. The predicted molar refractivity (Wildman–Crippen MR) is 134 cm³/mol. The molecule has 0 bridgehead atoms. The number of imidazole rings is 1. The Labute approximate surface area is 196 Å². The second kappa shape index (κ2) is 11.3. The average molecular weight is 449 g/mol. The van der Waals surface area contributed by atoms with E-state index in [1.54, 1.807) is 4.57 Å². The normalized spacial score (nSPS) is 18.5. The fraction of sp³-hybridized carbons (Fsp3) is 0.444. The van der Waals surface area contributed by atoms with Crippen molar-refractivity contribution >= 4 is 0 Å². The van der Waals surface area contributed by atoms with Crippen LogP contribution in [0.1, 0.15) is 45.6 Å². The number of rotatable bonds is 10. The first kappa shape index (κ1) is 23.3. The standard InChI is InChI=1S/C27H36N4O2/c1-3-29(4-2)19-18-28-22-10-12-23(13-11-22)30-20-21-31(27(30)32)24-14-16-26(17-15-24)33-25-8-6-5-7-9-25/h5-9,14-17,20-23,28H,3-4,10-13,18-19H2,1-2H3. The van der Waals surface area contributed by atoms with E-state index in [0.29, 0.717) is 6.04 Å². The molecular formula is C27H36N4O2. The minimum absolute atomic E-state index is 0.0321. The first-order chi connectivity index (χ1) is 16.2. The van der Waals surface area contributed by atoms with Crippen LogP contribution in [-0.2, 0) is 0 Å². The van der Waals surface area contributed by atoms with Gasteiger partial charge >= 0.3 is 5.69 Å². The third kappa shape index (κ3) is 5.95. The van der Waals surface area contributed by atoms with Gasteiger partial charge in [-0.15, -0.1) is 0 Å². The number of nitrogens with zero attached hydrogens (tertiary/aromatic N) is 3. The molecule has 1 heterocycles. The molecule has 0 amide bonds. The Balaban J connectivity index is 1.32. The van der Waals surface area contributed by atoms with Crippen LogP contribution in [0, 0.1) is 0 Å². The van der Waals surface area contributed by atoms with E-state index in [4.69, 9.17) is 4.74 Å². The number of hydrogen-bond acceptors (Lipinski definition) is 4.